The van der Waals surface area contributed by atoms with E-state index in [1.165, 1.54) is 0 Å². The summed E-state index contributed by atoms with van der Waals surface area (Å²) in [6.07, 6.45) is 4.05. The molecule has 6 nitrogen and oxygen atoms in total. The lowest BCUT2D eigenvalue weighted by molar-refractivity contribution is 0.0762. The molecule has 9 rings (SSSR count). The number of allylic oxidation sites excluding steroid dienone is 2. The van der Waals surface area contributed by atoms with Crippen LogP contribution in [0.2, 0.25) is 0 Å². The van der Waals surface area contributed by atoms with Crippen LogP contribution in [0.1, 0.15) is 11.1 Å². The molecule has 0 amide bonds. The van der Waals surface area contributed by atoms with E-state index in [2.05, 4.69) is 67.2 Å². The van der Waals surface area contributed by atoms with E-state index >= 15 is 0 Å². The van der Waals surface area contributed by atoms with Crippen molar-refractivity contribution in [2.45, 2.75) is 0 Å². The van der Waals surface area contributed by atoms with E-state index < -0.39 is 0 Å². The summed E-state index contributed by atoms with van der Waals surface area (Å²) in [7, 11) is 0. The number of hydrogen-bond acceptors (Lipinski definition) is 6. The van der Waals surface area contributed by atoms with Crippen molar-refractivity contribution in [3.63, 3.8) is 0 Å². The van der Waals surface area contributed by atoms with Crippen molar-refractivity contribution in [1.29, 1.82) is 0 Å². The minimum Gasteiger partial charge on any atom is -0.491 e. The van der Waals surface area contributed by atoms with Crippen LogP contribution in [0.25, 0.3) is 44.3 Å². The Labute approximate surface area is 293 Å². The normalized spacial score (nSPS) is 15.0. The minimum absolute atomic E-state index is 0.385. The first-order valence-corrected chi connectivity index (χ1v) is 17.0. The molecule has 50 heavy (non-hydrogen) atoms. The van der Waals surface area contributed by atoms with Crippen LogP contribution in [-0.4, -0.2) is 52.9 Å². The summed E-state index contributed by atoms with van der Waals surface area (Å²) >= 11 is 0. The predicted molar refractivity (Wildman–Crippen MR) is 201 cm³/mol. The largest absolute Gasteiger partial charge is 0.491 e. The molecule has 0 saturated carbocycles. The van der Waals surface area contributed by atoms with Crippen molar-refractivity contribution < 1.29 is 28.4 Å². The zero-order chi connectivity index (χ0) is 34.0. The fraction of sp³-hybridized carbons (Fsp3) is 0.182. The fourth-order valence-corrected chi connectivity index (χ4v) is 6.05. The van der Waals surface area contributed by atoms with E-state index in [0.717, 1.165) is 72.4 Å². The number of ether oxygens (including phenoxy) is 6. The number of hydrogen-bond donors (Lipinski definition) is 0. The van der Waals surface area contributed by atoms with Gasteiger partial charge in [-0.2, -0.15) is 0 Å². The Morgan fingerprint density at radius 1 is 0.400 bits per heavy atom. The molecule has 4 bridgehead atoms. The van der Waals surface area contributed by atoms with Crippen LogP contribution >= 0.6 is 0 Å². The summed E-state index contributed by atoms with van der Waals surface area (Å²) < 4.78 is 36.6. The third kappa shape index (κ3) is 8.00. The maximum Gasteiger partial charge on any atom is 0.128 e. The molecule has 252 valence electrons. The SMILES string of the molecule is C=C1C=Cc2ccc(cc2)OCCOCCOc2ccc3ccccc3c2-c2c(ccc3ccccc23)OCCOCCOc2ccc1cc2. The van der Waals surface area contributed by atoms with E-state index in [1.807, 2.05) is 72.8 Å². The zero-order valence-electron chi connectivity index (χ0n) is 28.0. The molecule has 0 fully saturated rings. The van der Waals surface area contributed by atoms with Gasteiger partial charge in [-0.3, -0.25) is 0 Å². The van der Waals surface area contributed by atoms with Gasteiger partial charge in [0, 0.05) is 11.1 Å². The van der Waals surface area contributed by atoms with Gasteiger partial charge in [0.1, 0.15) is 49.4 Å². The second kappa shape index (κ2) is 16.2. The van der Waals surface area contributed by atoms with Crippen molar-refractivity contribution in [3.8, 4) is 34.1 Å². The van der Waals surface area contributed by atoms with E-state index in [0.29, 0.717) is 52.9 Å². The van der Waals surface area contributed by atoms with Gasteiger partial charge >= 0.3 is 0 Å². The third-order valence-corrected chi connectivity index (χ3v) is 8.58. The van der Waals surface area contributed by atoms with Crippen LogP contribution < -0.4 is 18.9 Å². The van der Waals surface area contributed by atoms with E-state index in [4.69, 9.17) is 28.4 Å². The zero-order valence-corrected chi connectivity index (χ0v) is 28.0. The molecule has 0 N–H and O–H groups in total. The van der Waals surface area contributed by atoms with Crippen molar-refractivity contribution in [1.82, 2.24) is 0 Å². The smallest absolute Gasteiger partial charge is 0.128 e. The predicted octanol–water partition coefficient (Wildman–Crippen LogP) is 9.65. The molecule has 0 spiro atoms. The highest BCUT2D eigenvalue weighted by atomic mass is 16.6. The topological polar surface area (TPSA) is 55.4 Å². The van der Waals surface area contributed by atoms with Gasteiger partial charge in [-0.25, -0.2) is 0 Å². The summed E-state index contributed by atoms with van der Waals surface area (Å²) in [5, 5.41) is 4.41. The quantitative estimate of drug-likeness (QED) is 0.161. The van der Waals surface area contributed by atoms with Crippen molar-refractivity contribution in [2.75, 3.05) is 52.9 Å². The number of rotatable bonds is 0. The average Bonchev–Trinajstić information content (AvgIpc) is 3.16. The Bertz CT molecular complexity index is 2080. The van der Waals surface area contributed by atoms with Gasteiger partial charge in [0.05, 0.1) is 26.4 Å². The summed E-state index contributed by atoms with van der Waals surface area (Å²) in [6.45, 7) is 7.60. The fourth-order valence-electron chi connectivity index (χ4n) is 6.05. The summed E-state index contributed by atoms with van der Waals surface area (Å²) in [4.78, 5) is 0. The first-order valence-electron chi connectivity index (χ1n) is 17.0. The molecule has 6 heteroatoms. The summed E-state index contributed by atoms with van der Waals surface area (Å²) in [5.74, 6) is 3.11. The third-order valence-electron chi connectivity index (χ3n) is 8.58. The van der Waals surface area contributed by atoms with Crippen LogP contribution in [0.4, 0.5) is 0 Å². The Hall–Kier alpha value is -5.56. The maximum absolute atomic E-state index is 6.45. The molecule has 0 radical (unpaired) electrons. The van der Waals surface area contributed by atoms with Crippen LogP contribution in [0.3, 0.4) is 0 Å². The molecule has 0 aromatic heterocycles. The second-order valence-corrected chi connectivity index (χ2v) is 11.9. The lowest BCUT2D eigenvalue weighted by Crippen LogP contribution is -2.13. The molecule has 0 atom stereocenters. The molecular weight excluding hydrogens is 624 g/mol. The van der Waals surface area contributed by atoms with E-state index in [1.54, 1.807) is 0 Å². The molecule has 0 unspecified atom stereocenters. The van der Waals surface area contributed by atoms with Gasteiger partial charge in [0.2, 0.25) is 0 Å². The highest BCUT2D eigenvalue weighted by Crippen LogP contribution is 2.45. The molecule has 6 aromatic carbocycles. The Morgan fingerprint density at radius 2 is 0.860 bits per heavy atom. The van der Waals surface area contributed by atoms with Crippen LogP contribution in [0.15, 0.2) is 134 Å². The highest BCUT2D eigenvalue weighted by Gasteiger charge is 2.19. The second-order valence-electron chi connectivity index (χ2n) is 11.9. The Kier molecular flexibility index (Phi) is 10.7. The molecule has 0 aliphatic carbocycles. The highest BCUT2D eigenvalue weighted by molar-refractivity contribution is 6.09. The van der Waals surface area contributed by atoms with Gasteiger partial charge in [0.25, 0.3) is 0 Å². The standard InChI is InChI=1S/C44H40O6/c1-32-10-11-33-12-18-37(19-13-33)47-28-24-45-26-30-49-41-22-16-35-6-2-4-8-39(35)43(41)44-40-9-5-3-7-36(40)17-23-42(44)50-31-27-46-25-29-48-38-20-14-34(32)15-21-38/h2-23H,1,24-31H2. The van der Waals surface area contributed by atoms with Gasteiger partial charge in [-0.15, -0.1) is 0 Å². The van der Waals surface area contributed by atoms with Crippen LogP contribution in [-0.2, 0) is 9.47 Å². The first-order chi connectivity index (χ1) is 24.7. The molecule has 3 aliphatic heterocycles. The van der Waals surface area contributed by atoms with Crippen molar-refractivity contribution in [2.24, 2.45) is 0 Å². The Balaban J connectivity index is 1.14. The Morgan fingerprint density at radius 3 is 1.38 bits per heavy atom. The average molecular weight is 665 g/mol. The summed E-state index contributed by atoms with van der Waals surface area (Å²) in [6, 6.07) is 40.9. The first kappa shape index (κ1) is 33.0. The molecule has 3 heterocycles. The van der Waals surface area contributed by atoms with E-state index in [9.17, 15) is 0 Å². The van der Waals surface area contributed by atoms with Crippen LogP contribution in [0.5, 0.6) is 23.0 Å². The van der Waals surface area contributed by atoms with Crippen LogP contribution in [0, 0.1) is 0 Å². The molecule has 6 aromatic rings. The van der Waals surface area contributed by atoms with Gasteiger partial charge in [0.15, 0.2) is 0 Å². The van der Waals surface area contributed by atoms with Gasteiger partial charge in [-0.1, -0.05) is 104 Å². The molecular formula is C44H40O6. The maximum atomic E-state index is 6.45. The number of fused-ring (bicyclic) bond motifs is 4. The van der Waals surface area contributed by atoms with E-state index in [-0.39, 0.29) is 0 Å². The van der Waals surface area contributed by atoms with Crippen molar-refractivity contribution >= 4 is 33.2 Å². The monoisotopic (exact) mass is 664 g/mol. The lowest BCUT2D eigenvalue weighted by Gasteiger charge is -2.20. The summed E-state index contributed by atoms with van der Waals surface area (Å²) in [5.41, 5.74) is 4.98. The lowest BCUT2D eigenvalue weighted by atomic mass is 9.92. The molecule has 0 saturated heterocycles. The molecule has 3 aliphatic rings. The van der Waals surface area contributed by atoms with Gasteiger partial charge in [-0.05, 0) is 74.6 Å². The minimum atomic E-state index is 0.385. The number of benzene rings is 6. The van der Waals surface area contributed by atoms with Gasteiger partial charge < -0.3 is 28.4 Å². The van der Waals surface area contributed by atoms with Crippen molar-refractivity contribution in [3.05, 3.63) is 145 Å².